The molecule has 2 N–H and O–H groups in total. The molecule has 1 fully saturated rings. The molecule has 3 atom stereocenters. The molecule has 24 heavy (non-hydrogen) atoms. The van der Waals surface area contributed by atoms with Crippen molar-refractivity contribution in [3.63, 3.8) is 0 Å². The van der Waals surface area contributed by atoms with E-state index in [0.29, 0.717) is 12.8 Å². The van der Waals surface area contributed by atoms with Gasteiger partial charge in [-0.25, -0.2) is 4.79 Å². The van der Waals surface area contributed by atoms with Crippen molar-refractivity contribution in [3.05, 3.63) is 35.9 Å². The molecule has 0 aromatic heterocycles. The Morgan fingerprint density at radius 1 is 1.29 bits per heavy atom. The third-order valence-corrected chi connectivity index (χ3v) is 4.38. The Labute approximate surface area is 139 Å². The van der Waals surface area contributed by atoms with Crippen LogP contribution in [0.15, 0.2) is 30.3 Å². The average molecular weight is 344 g/mol. The highest BCUT2D eigenvalue weighted by molar-refractivity contribution is 5.74. The van der Waals surface area contributed by atoms with Crippen molar-refractivity contribution in [1.29, 1.82) is 0 Å². The van der Waals surface area contributed by atoms with E-state index < -0.39 is 24.2 Å². The molecular weight excluding hydrogens is 321 g/mol. The maximum absolute atomic E-state index is 12.8. The fraction of sp³-hybridized carbons (Fsp3) is 0.588. The first-order valence-electron chi connectivity index (χ1n) is 8.09. The van der Waals surface area contributed by atoms with Crippen LogP contribution in [0.25, 0.3) is 0 Å². The molecule has 134 valence electrons. The van der Waals surface area contributed by atoms with Crippen LogP contribution in [0.5, 0.6) is 0 Å². The second kappa shape index (κ2) is 8.37. The quantitative estimate of drug-likeness (QED) is 0.854. The number of halogens is 3. The van der Waals surface area contributed by atoms with E-state index in [1.165, 1.54) is 0 Å². The van der Waals surface area contributed by atoms with Gasteiger partial charge in [-0.15, -0.1) is 0 Å². The highest BCUT2D eigenvalue weighted by Crippen LogP contribution is 2.37. The Hall–Kier alpha value is -1.76. The Morgan fingerprint density at radius 3 is 2.62 bits per heavy atom. The minimum absolute atomic E-state index is 0.0523. The molecule has 1 saturated carbocycles. The lowest BCUT2D eigenvalue weighted by Gasteiger charge is -2.31. The van der Waals surface area contributed by atoms with Crippen LogP contribution in [-0.4, -0.2) is 31.9 Å². The van der Waals surface area contributed by atoms with Gasteiger partial charge in [-0.1, -0.05) is 36.8 Å². The molecule has 3 unspecified atom stereocenters. The van der Waals surface area contributed by atoms with Gasteiger partial charge in [0.1, 0.15) is 0 Å². The van der Waals surface area contributed by atoms with E-state index in [1.54, 1.807) is 7.11 Å². The van der Waals surface area contributed by atoms with E-state index in [9.17, 15) is 18.0 Å². The summed E-state index contributed by atoms with van der Waals surface area (Å²) in [4.78, 5) is 12.0. The summed E-state index contributed by atoms with van der Waals surface area (Å²) < 4.78 is 43.7. The summed E-state index contributed by atoms with van der Waals surface area (Å²) >= 11 is 0. The number of amides is 2. The molecule has 0 bridgehead atoms. The third-order valence-electron chi connectivity index (χ3n) is 4.38. The Balaban J connectivity index is 1.80. The average Bonchev–Trinajstić information content (AvgIpc) is 2.56. The van der Waals surface area contributed by atoms with E-state index in [1.807, 2.05) is 30.3 Å². The zero-order chi connectivity index (χ0) is 17.6. The largest absolute Gasteiger partial charge is 0.391 e. The van der Waals surface area contributed by atoms with Crippen molar-refractivity contribution in [1.82, 2.24) is 10.6 Å². The monoisotopic (exact) mass is 344 g/mol. The number of alkyl halides is 3. The SMILES string of the molecule is COC(CNC(=O)NC1CCCC(C(F)(F)F)C1)c1ccccc1. The number of hydrogen-bond donors (Lipinski definition) is 2. The Kier molecular flexibility index (Phi) is 6.48. The smallest absolute Gasteiger partial charge is 0.375 e. The molecule has 1 aliphatic carbocycles. The molecule has 0 heterocycles. The van der Waals surface area contributed by atoms with Crippen LogP contribution < -0.4 is 10.6 Å². The van der Waals surface area contributed by atoms with Gasteiger partial charge < -0.3 is 15.4 Å². The molecule has 7 heteroatoms. The van der Waals surface area contributed by atoms with Gasteiger partial charge >= 0.3 is 12.2 Å². The van der Waals surface area contributed by atoms with Gasteiger partial charge in [0, 0.05) is 19.7 Å². The number of carbonyl (C=O) groups is 1. The van der Waals surface area contributed by atoms with E-state index in [2.05, 4.69) is 10.6 Å². The standard InChI is InChI=1S/C17H23F3N2O2/c1-24-15(12-6-3-2-4-7-12)11-21-16(23)22-14-9-5-8-13(10-14)17(18,19)20/h2-4,6-7,13-15H,5,8-11H2,1H3,(H2,21,22,23). The van der Waals surface area contributed by atoms with Gasteiger partial charge in [0.25, 0.3) is 0 Å². The Bertz CT molecular complexity index is 522. The normalized spacial score (nSPS) is 22.7. The summed E-state index contributed by atoms with van der Waals surface area (Å²) in [5.41, 5.74) is 0.926. The summed E-state index contributed by atoms with van der Waals surface area (Å²) in [7, 11) is 1.55. The van der Waals surface area contributed by atoms with E-state index in [-0.39, 0.29) is 25.5 Å². The van der Waals surface area contributed by atoms with Gasteiger partial charge in [0.2, 0.25) is 0 Å². The van der Waals surface area contributed by atoms with Crippen LogP contribution in [0.2, 0.25) is 0 Å². The van der Waals surface area contributed by atoms with Gasteiger partial charge in [-0.05, 0) is 24.8 Å². The van der Waals surface area contributed by atoms with Gasteiger partial charge in [-0.2, -0.15) is 13.2 Å². The number of nitrogens with one attached hydrogen (secondary N) is 2. The molecule has 1 aliphatic rings. The third kappa shape index (κ3) is 5.40. The maximum atomic E-state index is 12.8. The molecule has 1 aromatic rings. The van der Waals surface area contributed by atoms with Gasteiger partial charge in [0.15, 0.2) is 0 Å². The number of rotatable bonds is 5. The first-order valence-corrected chi connectivity index (χ1v) is 8.09. The second-order valence-electron chi connectivity index (χ2n) is 6.09. The highest BCUT2D eigenvalue weighted by Gasteiger charge is 2.42. The molecular formula is C17H23F3N2O2. The molecule has 4 nitrogen and oxygen atoms in total. The number of urea groups is 1. The lowest BCUT2D eigenvalue weighted by atomic mass is 9.85. The minimum atomic E-state index is -4.19. The summed E-state index contributed by atoms with van der Waals surface area (Å²) in [6.45, 7) is 0.252. The van der Waals surface area contributed by atoms with Crippen molar-refractivity contribution >= 4 is 6.03 Å². The van der Waals surface area contributed by atoms with Crippen LogP contribution in [0.1, 0.15) is 37.4 Å². The fourth-order valence-electron chi connectivity index (χ4n) is 3.04. The van der Waals surface area contributed by atoms with Crippen molar-refractivity contribution in [2.45, 2.75) is 44.0 Å². The summed E-state index contributed by atoms with van der Waals surface area (Å²) in [6.07, 6.45) is -3.35. The van der Waals surface area contributed by atoms with Gasteiger partial charge in [-0.3, -0.25) is 0 Å². The number of methoxy groups -OCH3 is 1. The van der Waals surface area contributed by atoms with Gasteiger partial charge in [0.05, 0.1) is 12.0 Å². The number of hydrogen-bond acceptors (Lipinski definition) is 2. The predicted molar refractivity (Wildman–Crippen MR) is 84.5 cm³/mol. The topological polar surface area (TPSA) is 50.4 Å². The van der Waals surface area contributed by atoms with Crippen LogP contribution in [0.4, 0.5) is 18.0 Å². The zero-order valence-electron chi connectivity index (χ0n) is 13.6. The first-order chi connectivity index (χ1) is 11.4. The van der Waals surface area contributed by atoms with Crippen molar-refractivity contribution in [2.24, 2.45) is 5.92 Å². The second-order valence-corrected chi connectivity index (χ2v) is 6.09. The molecule has 0 radical (unpaired) electrons. The Morgan fingerprint density at radius 2 is 2.00 bits per heavy atom. The van der Waals surface area contributed by atoms with Crippen LogP contribution in [0, 0.1) is 5.92 Å². The van der Waals surface area contributed by atoms with E-state index in [0.717, 1.165) is 5.56 Å². The number of carbonyl (C=O) groups excluding carboxylic acids is 1. The predicted octanol–water partition coefficient (Wildman–Crippen LogP) is 3.79. The lowest BCUT2D eigenvalue weighted by molar-refractivity contribution is -0.183. The molecule has 0 aliphatic heterocycles. The van der Waals surface area contributed by atoms with E-state index >= 15 is 0 Å². The summed E-state index contributed by atoms with van der Waals surface area (Å²) in [6, 6.07) is 8.52. The molecule has 2 amide bonds. The van der Waals surface area contributed by atoms with Crippen LogP contribution >= 0.6 is 0 Å². The van der Waals surface area contributed by atoms with Crippen molar-refractivity contribution in [3.8, 4) is 0 Å². The molecule has 0 spiro atoms. The summed E-state index contributed by atoms with van der Waals surface area (Å²) in [5, 5.41) is 5.32. The van der Waals surface area contributed by atoms with Crippen LogP contribution in [-0.2, 0) is 4.74 Å². The minimum Gasteiger partial charge on any atom is -0.375 e. The lowest BCUT2D eigenvalue weighted by Crippen LogP contribution is -2.46. The maximum Gasteiger partial charge on any atom is 0.391 e. The summed E-state index contributed by atoms with van der Waals surface area (Å²) in [5.74, 6) is -1.33. The molecule has 1 aromatic carbocycles. The fourth-order valence-corrected chi connectivity index (χ4v) is 3.04. The first kappa shape index (κ1) is 18.6. The van der Waals surface area contributed by atoms with Crippen molar-refractivity contribution < 1.29 is 22.7 Å². The van der Waals surface area contributed by atoms with Crippen molar-refractivity contribution in [2.75, 3.05) is 13.7 Å². The van der Waals surface area contributed by atoms with E-state index in [4.69, 9.17) is 4.74 Å². The highest BCUT2D eigenvalue weighted by atomic mass is 19.4. The number of benzene rings is 1. The molecule has 0 saturated heterocycles. The molecule has 2 rings (SSSR count). The number of ether oxygens (including phenoxy) is 1. The van der Waals surface area contributed by atoms with Crippen LogP contribution in [0.3, 0.4) is 0 Å². The zero-order valence-corrected chi connectivity index (χ0v) is 13.6.